The summed E-state index contributed by atoms with van der Waals surface area (Å²) in [6.07, 6.45) is 5.50. The van der Waals surface area contributed by atoms with Crippen molar-refractivity contribution < 1.29 is 14.7 Å². The number of amides is 1. The maximum Gasteiger partial charge on any atom is 0.326 e. The summed E-state index contributed by atoms with van der Waals surface area (Å²) < 4.78 is 0. The summed E-state index contributed by atoms with van der Waals surface area (Å²) in [6.45, 7) is 2.50. The van der Waals surface area contributed by atoms with Gasteiger partial charge >= 0.3 is 5.97 Å². The number of aliphatic carboxylic acids is 1. The Kier molecular flexibility index (Phi) is 4.56. The largest absolute Gasteiger partial charge is 0.480 e. The maximum absolute atomic E-state index is 12.2. The highest BCUT2D eigenvalue weighted by atomic mass is 16.4. The van der Waals surface area contributed by atoms with Gasteiger partial charge in [0, 0.05) is 12.6 Å². The molecule has 1 N–H and O–H groups in total. The van der Waals surface area contributed by atoms with Gasteiger partial charge in [0.1, 0.15) is 6.04 Å². The van der Waals surface area contributed by atoms with Crippen molar-refractivity contribution in [3.8, 4) is 0 Å². The second-order valence-corrected chi connectivity index (χ2v) is 5.07. The van der Waals surface area contributed by atoms with Gasteiger partial charge in [0.25, 0.3) is 0 Å². The van der Waals surface area contributed by atoms with Crippen molar-refractivity contribution in [1.82, 2.24) is 4.90 Å². The van der Waals surface area contributed by atoms with E-state index < -0.39 is 12.0 Å². The highest BCUT2D eigenvalue weighted by molar-refractivity contribution is 5.94. The third-order valence-electron chi connectivity index (χ3n) is 3.66. The van der Waals surface area contributed by atoms with Gasteiger partial charge in [-0.2, -0.15) is 0 Å². The Hall–Kier alpha value is -2.10. The van der Waals surface area contributed by atoms with Gasteiger partial charge in [0.2, 0.25) is 5.91 Å². The lowest BCUT2D eigenvalue weighted by molar-refractivity contribution is -0.150. The molecule has 0 saturated carbocycles. The summed E-state index contributed by atoms with van der Waals surface area (Å²) in [7, 11) is 0. The number of carboxylic acids is 1. The van der Waals surface area contributed by atoms with Crippen molar-refractivity contribution in [2.75, 3.05) is 6.54 Å². The molecule has 106 valence electrons. The monoisotopic (exact) mass is 273 g/mol. The Morgan fingerprint density at radius 3 is 2.75 bits per heavy atom. The molecule has 1 amide bonds. The summed E-state index contributed by atoms with van der Waals surface area (Å²) in [5.74, 6) is -1.14. The van der Waals surface area contributed by atoms with Crippen LogP contribution in [0.5, 0.6) is 0 Å². The number of hydrogen-bond acceptors (Lipinski definition) is 2. The van der Waals surface area contributed by atoms with Crippen LogP contribution in [0.15, 0.2) is 30.3 Å². The van der Waals surface area contributed by atoms with Crippen LogP contribution in [0.2, 0.25) is 0 Å². The molecule has 0 aromatic heterocycles. The molecule has 20 heavy (non-hydrogen) atoms. The van der Waals surface area contributed by atoms with E-state index in [1.54, 1.807) is 6.08 Å². The summed E-state index contributed by atoms with van der Waals surface area (Å²) in [4.78, 5) is 24.8. The van der Waals surface area contributed by atoms with Gasteiger partial charge in [0.15, 0.2) is 0 Å². The average molecular weight is 273 g/mol. The van der Waals surface area contributed by atoms with Crippen LogP contribution in [0.3, 0.4) is 0 Å². The maximum atomic E-state index is 12.2. The van der Waals surface area contributed by atoms with E-state index in [4.69, 9.17) is 5.11 Å². The minimum atomic E-state index is -0.914. The van der Waals surface area contributed by atoms with Crippen molar-refractivity contribution >= 4 is 18.0 Å². The molecule has 4 heteroatoms. The van der Waals surface area contributed by atoms with E-state index in [1.807, 2.05) is 31.2 Å². The second-order valence-electron chi connectivity index (χ2n) is 5.07. The minimum absolute atomic E-state index is 0.222. The molecule has 1 aromatic carbocycles. The van der Waals surface area contributed by atoms with Gasteiger partial charge in [-0.05, 0) is 43.4 Å². The lowest BCUT2D eigenvalue weighted by Gasteiger charge is -2.32. The first kappa shape index (κ1) is 14.3. The van der Waals surface area contributed by atoms with Gasteiger partial charge in [-0.1, -0.05) is 24.3 Å². The number of benzene rings is 1. The number of likely N-dealkylation sites (tertiary alicyclic amines) is 1. The van der Waals surface area contributed by atoms with Crippen molar-refractivity contribution in [2.45, 2.75) is 32.2 Å². The predicted octanol–water partition coefficient (Wildman–Crippen LogP) is 2.47. The molecule has 0 radical (unpaired) electrons. The second kappa shape index (κ2) is 6.37. The molecule has 0 bridgehead atoms. The van der Waals surface area contributed by atoms with E-state index in [9.17, 15) is 9.59 Å². The van der Waals surface area contributed by atoms with E-state index in [2.05, 4.69) is 0 Å². The first-order chi connectivity index (χ1) is 9.59. The first-order valence-electron chi connectivity index (χ1n) is 6.86. The average Bonchev–Trinajstić information content (AvgIpc) is 2.46. The number of rotatable bonds is 3. The van der Waals surface area contributed by atoms with Crippen LogP contribution in [0.4, 0.5) is 0 Å². The Morgan fingerprint density at radius 1 is 1.30 bits per heavy atom. The molecule has 1 saturated heterocycles. The van der Waals surface area contributed by atoms with Gasteiger partial charge in [-0.15, -0.1) is 0 Å². The van der Waals surface area contributed by atoms with Gasteiger partial charge in [-0.3, -0.25) is 4.79 Å². The summed E-state index contributed by atoms with van der Waals surface area (Å²) in [5.41, 5.74) is 2.06. The predicted molar refractivity (Wildman–Crippen MR) is 77.2 cm³/mol. The Labute approximate surface area is 118 Å². The topological polar surface area (TPSA) is 57.6 Å². The normalized spacial score (nSPS) is 19.2. The van der Waals surface area contributed by atoms with Crippen molar-refractivity contribution in [1.29, 1.82) is 0 Å². The third-order valence-corrected chi connectivity index (χ3v) is 3.66. The third kappa shape index (κ3) is 3.26. The fourth-order valence-electron chi connectivity index (χ4n) is 2.48. The molecule has 0 aliphatic carbocycles. The van der Waals surface area contributed by atoms with E-state index >= 15 is 0 Å². The van der Waals surface area contributed by atoms with Gasteiger partial charge in [-0.25, -0.2) is 4.79 Å². The smallest absolute Gasteiger partial charge is 0.326 e. The van der Waals surface area contributed by atoms with Gasteiger partial charge in [0.05, 0.1) is 0 Å². The summed E-state index contributed by atoms with van der Waals surface area (Å²) in [5, 5.41) is 9.17. The lowest BCUT2D eigenvalue weighted by atomic mass is 10.0. The van der Waals surface area contributed by atoms with E-state index in [1.165, 1.54) is 11.0 Å². The van der Waals surface area contributed by atoms with Crippen molar-refractivity contribution in [2.24, 2.45) is 0 Å². The van der Waals surface area contributed by atoms with Gasteiger partial charge < -0.3 is 10.0 Å². The van der Waals surface area contributed by atoms with E-state index in [-0.39, 0.29) is 5.91 Å². The molecule has 1 aliphatic rings. The molecule has 2 rings (SSSR count). The van der Waals surface area contributed by atoms with Crippen LogP contribution in [0, 0.1) is 6.92 Å². The minimum Gasteiger partial charge on any atom is -0.480 e. The number of hydrogen-bond donors (Lipinski definition) is 1. The lowest BCUT2D eigenvalue weighted by Crippen LogP contribution is -2.47. The number of carboxylic acid groups (broad SMARTS) is 1. The summed E-state index contributed by atoms with van der Waals surface area (Å²) >= 11 is 0. The van der Waals surface area contributed by atoms with E-state index in [0.29, 0.717) is 13.0 Å². The zero-order valence-electron chi connectivity index (χ0n) is 11.6. The van der Waals surface area contributed by atoms with Crippen molar-refractivity contribution in [3.05, 3.63) is 41.5 Å². The van der Waals surface area contributed by atoms with Crippen molar-refractivity contribution in [3.63, 3.8) is 0 Å². The molecule has 1 atom stereocenters. The highest BCUT2D eigenvalue weighted by Crippen LogP contribution is 2.18. The van der Waals surface area contributed by atoms with Crippen LogP contribution in [0.1, 0.15) is 30.4 Å². The number of aryl methyl sites for hydroxylation is 1. The molecule has 1 aliphatic heterocycles. The summed E-state index contributed by atoms with van der Waals surface area (Å²) in [6, 6.07) is 7.09. The highest BCUT2D eigenvalue weighted by Gasteiger charge is 2.30. The molecule has 1 heterocycles. The number of carbonyl (C=O) groups is 2. The van der Waals surface area contributed by atoms with Crippen LogP contribution < -0.4 is 0 Å². The number of nitrogens with zero attached hydrogens (tertiary/aromatic N) is 1. The quantitative estimate of drug-likeness (QED) is 0.861. The number of carbonyl (C=O) groups excluding carboxylic acids is 1. The fourth-order valence-corrected chi connectivity index (χ4v) is 2.48. The zero-order chi connectivity index (χ0) is 14.5. The van der Waals surface area contributed by atoms with Crippen LogP contribution >= 0.6 is 0 Å². The number of piperidine rings is 1. The molecule has 0 unspecified atom stereocenters. The Balaban J connectivity index is 2.10. The molecule has 0 spiro atoms. The van der Waals surface area contributed by atoms with Crippen LogP contribution in [-0.4, -0.2) is 34.5 Å². The molecule has 4 nitrogen and oxygen atoms in total. The molecular formula is C16H19NO3. The van der Waals surface area contributed by atoms with Crippen LogP contribution in [-0.2, 0) is 9.59 Å². The Morgan fingerprint density at radius 2 is 2.05 bits per heavy atom. The fraction of sp³-hybridized carbons (Fsp3) is 0.375. The molecule has 1 fully saturated rings. The Bertz CT molecular complexity index is 536. The molecular weight excluding hydrogens is 254 g/mol. The zero-order valence-corrected chi connectivity index (χ0v) is 11.6. The standard InChI is InChI=1S/C16H19NO3/c1-12-6-2-3-7-13(12)9-10-15(18)17-11-5-4-8-14(17)16(19)20/h2-3,6-7,9-10,14H,4-5,8,11H2,1H3,(H,19,20)/t14-/m1/s1. The first-order valence-corrected chi connectivity index (χ1v) is 6.86. The molecule has 1 aromatic rings. The SMILES string of the molecule is Cc1ccccc1C=CC(=O)N1CCCC[C@@H]1C(=O)O. The van der Waals surface area contributed by atoms with Crippen LogP contribution in [0.25, 0.3) is 6.08 Å². The van der Waals surface area contributed by atoms with E-state index in [0.717, 1.165) is 24.0 Å².